The van der Waals surface area contributed by atoms with Gasteiger partial charge in [-0.3, -0.25) is 0 Å². The summed E-state index contributed by atoms with van der Waals surface area (Å²) in [6, 6.07) is 14.9. The molecule has 0 radical (unpaired) electrons. The molecule has 0 heterocycles. The van der Waals surface area contributed by atoms with E-state index in [0.717, 1.165) is 11.1 Å². The second kappa shape index (κ2) is 4.38. The van der Waals surface area contributed by atoms with Crippen molar-refractivity contribution in [2.75, 3.05) is 5.73 Å². The van der Waals surface area contributed by atoms with E-state index in [1.54, 1.807) is 6.07 Å². The molecule has 2 N–H and O–H groups in total. The van der Waals surface area contributed by atoms with Crippen molar-refractivity contribution in [2.24, 2.45) is 5.11 Å². The van der Waals surface area contributed by atoms with Crippen molar-refractivity contribution in [3.8, 4) is 11.1 Å². The van der Waals surface area contributed by atoms with Crippen molar-refractivity contribution in [3.63, 3.8) is 0 Å². The van der Waals surface area contributed by atoms with E-state index >= 15 is 0 Å². The number of para-hydroxylation sites is 1. The third-order valence-corrected chi connectivity index (χ3v) is 2.31. The predicted octanol–water partition coefficient (Wildman–Crippen LogP) is 3.88. The van der Waals surface area contributed by atoms with E-state index in [9.17, 15) is 0 Å². The van der Waals surface area contributed by atoms with E-state index in [2.05, 4.69) is 10.0 Å². The molecule has 0 aromatic heterocycles. The number of rotatable bonds is 2. The Morgan fingerprint density at radius 3 is 2.25 bits per heavy atom. The van der Waals surface area contributed by atoms with Crippen LogP contribution in [-0.4, -0.2) is 0 Å². The lowest BCUT2D eigenvalue weighted by molar-refractivity contribution is 1.47. The van der Waals surface area contributed by atoms with Crippen LogP contribution in [0.2, 0.25) is 0 Å². The molecule has 4 heteroatoms. The van der Waals surface area contributed by atoms with Crippen LogP contribution in [0, 0.1) is 0 Å². The Kier molecular flexibility index (Phi) is 2.76. The number of anilines is 1. The average Bonchev–Trinajstić information content (AvgIpc) is 2.31. The number of benzene rings is 2. The Morgan fingerprint density at radius 2 is 1.56 bits per heavy atom. The fourth-order valence-electron chi connectivity index (χ4n) is 1.58. The Morgan fingerprint density at radius 1 is 0.938 bits per heavy atom. The van der Waals surface area contributed by atoms with E-state index in [1.165, 1.54) is 0 Å². The zero-order valence-electron chi connectivity index (χ0n) is 8.54. The summed E-state index contributed by atoms with van der Waals surface area (Å²) in [6.07, 6.45) is 0. The van der Waals surface area contributed by atoms with E-state index in [0.29, 0.717) is 11.4 Å². The normalized spacial score (nSPS) is 9.50. The molecular weight excluding hydrogens is 200 g/mol. The SMILES string of the molecule is [N-]=[N+]=Nc1ccccc1-c1ccccc1N. The summed E-state index contributed by atoms with van der Waals surface area (Å²) < 4.78 is 0. The standard InChI is InChI=1S/C12H10N4/c13-11-7-3-1-5-9(11)10-6-2-4-8-12(10)15-16-14/h1-8H,13H2. The second-order valence-electron chi connectivity index (χ2n) is 3.29. The van der Waals surface area contributed by atoms with Gasteiger partial charge >= 0.3 is 0 Å². The zero-order chi connectivity index (χ0) is 11.4. The molecule has 2 rings (SSSR count). The maximum Gasteiger partial charge on any atom is 0.0454 e. The molecule has 16 heavy (non-hydrogen) atoms. The van der Waals surface area contributed by atoms with Crippen LogP contribution in [0.4, 0.5) is 11.4 Å². The van der Waals surface area contributed by atoms with Gasteiger partial charge < -0.3 is 5.73 Å². The van der Waals surface area contributed by atoms with Gasteiger partial charge in [0.2, 0.25) is 0 Å². The first-order valence-electron chi connectivity index (χ1n) is 4.82. The van der Waals surface area contributed by atoms with E-state index < -0.39 is 0 Å². The number of nitrogens with two attached hydrogens (primary N) is 1. The van der Waals surface area contributed by atoms with Crippen LogP contribution < -0.4 is 5.73 Å². The summed E-state index contributed by atoms with van der Waals surface area (Å²) in [5.74, 6) is 0. The molecule has 0 fully saturated rings. The average molecular weight is 210 g/mol. The first-order chi connectivity index (χ1) is 7.83. The highest BCUT2D eigenvalue weighted by Crippen LogP contribution is 2.33. The summed E-state index contributed by atoms with van der Waals surface area (Å²) in [7, 11) is 0. The molecule has 0 aliphatic heterocycles. The van der Waals surface area contributed by atoms with E-state index in [-0.39, 0.29) is 0 Å². The van der Waals surface area contributed by atoms with Gasteiger partial charge in [-0.15, -0.1) is 0 Å². The van der Waals surface area contributed by atoms with Crippen LogP contribution in [0.15, 0.2) is 53.6 Å². The second-order valence-corrected chi connectivity index (χ2v) is 3.29. The molecule has 2 aromatic rings. The molecule has 0 spiro atoms. The molecule has 4 nitrogen and oxygen atoms in total. The van der Waals surface area contributed by atoms with Gasteiger partial charge in [-0.05, 0) is 17.2 Å². The molecule has 0 bridgehead atoms. The van der Waals surface area contributed by atoms with Gasteiger partial charge in [0.05, 0.1) is 0 Å². The van der Waals surface area contributed by atoms with Gasteiger partial charge in [-0.25, -0.2) is 0 Å². The van der Waals surface area contributed by atoms with Gasteiger partial charge in [-0.2, -0.15) is 0 Å². The highest BCUT2D eigenvalue weighted by Gasteiger charge is 2.05. The van der Waals surface area contributed by atoms with Crippen molar-refractivity contribution in [1.82, 2.24) is 0 Å². The van der Waals surface area contributed by atoms with Crippen LogP contribution in [0.1, 0.15) is 0 Å². The Labute approximate surface area is 93.0 Å². The van der Waals surface area contributed by atoms with Gasteiger partial charge in [0.25, 0.3) is 0 Å². The largest absolute Gasteiger partial charge is 0.398 e. The quantitative estimate of drug-likeness (QED) is 0.347. The summed E-state index contributed by atoms with van der Waals surface area (Å²) in [6.45, 7) is 0. The number of hydrogen-bond donors (Lipinski definition) is 1. The van der Waals surface area contributed by atoms with Crippen LogP contribution in [0.25, 0.3) is 21.6 Å². The topological polar surface area (TPSA) is 74.8 Å². The minimum atomic E-state index is 0.586. The monoisotopic (exact) mass is 210 g/mol. The lowest BCUT2D eigenvalue weighted by Crippen LogP contribution is -1.89. The third kappa shape index (κ3) is 1.82. The molecule has 2 aromatic carbocycles. The molecule has 0 saturated carbocycles. The Hall–Kier alpha value is -2.45. The molecule has 0 saturated heterocycles. The minimum absolute atomic E-state index is 0.586. The van der Waals surface area contributed by atoms with E-state index in [4.69, 9.17) is 11.3 Å². The van der Waals surface area contributed by atoms with Crippen LogP contribution in [0.5, 0.6) is 0 Å². The fourth-order valence-corrected chi connectivity index (χ4v) is 1.58. The third-order valence-electron chi connectivity index (χ3n) is 2.31. The molecule has 78 valence electrons. The van der Waals surface area contributed by atoms with Crippen molar-refractivity contribution < 1.29 is 0 Å². The molecule has 0 atom stereocenters. The van der Waals surface area contributed by atoms with Crippen molar-refractivity contribution >= 4 is 11.4 Å². The lowest BCUT2D eigenvalue weighted by atomic mass is 10.0. The van der Waals surface area contributed by atoms with Gasteiger partial charge in [0.1, 0.15) is 0 Å². The minimum Gasteiger partial charge on any atom is -0.398 e. The Bertz CT molecular complexity index is 556. The number of nitrogens with zero attached hydrogens (tertiary/aromatic N) is 3. The number of nitrogen functional groups attached to an aromatic ring is 1. The maximum absolute atomic E-state index is 8.49. The van der Waals surface area contributed by atoms with Crippen LogP contribution >= 0.6 is 0 Å². The molecule has 0 aliphatic rings. The predicted molar refractivity (Wildman–Crippen MR) is 65.1 cm³/mol. The van der Waals surface area contributed by atoms with Gasteiger partial charge in [0.15, 0.2) is 0 Å². The van der Waals surface area contributed by atoms with Crippen molar-refractivity contribution in [2.45, 2.75) is 0 Å². The molecule has 0 unspecified atom stereocenters. The summed E-state index contributed by atoms with van der Waals surface area (Å²) in [4.78, 5) is 2.81. The number of azide groups is 1. The smallest absolute Gasteiger partial charge is 0.0454 e. The van der Waals surface area contributed by atoms with Crippen LogP contribution in [0.3, 0.4) is 0 Å². The zero-order valence-corrected chi connectivity index (χ0v) is 8.54. The maximum atomic E-state index is 8.49. The van der Waals surface area contributed by atoms with Gasteiger partial charge in [0, 0.05) is 21.8 Å². The molecule has 0 aliphatic carbocycles. The van der Waals surface area contributed by atoms with Crippen LogP contribution in [-0.2, 0) is 0 Å². The lowest BCUT2D eigenvalue weighted by Gasteiger charge is -2.07. The highest BCUT2D eigenvalue weighted by molar-refractivity contribution is 5.83. The van der Waals surface area contributed by atoms with Gasteiger partial charge in [-0.1, -0.05) is 47.6 Å². The molecule has 0 amide bonds. The van der Waals surface area contributed by atoms with Crippen molar-refractivity contribution in [1.29, 1.82) is 0 Å². The fraction of sp³-hybridized carbons (Fsp3) is 0. The summed E-state index contributed by atoms with van der Waals surface area (Å²) >= 11 is 0. The first-order valence-corrected chi connectivity index (χ1v) is 4.82. The summed E-state index contributed by atoms with van der Waals surface area (Å²) in [5.41, 5.74) is 17.4. The first kappa shape index (κ1) is 10.1. The highest BCUT2D eigenvalue weighted by atomic mass is 15.1. The molecular formula is C12H10N4. The van der Waals surface area contributed by atoms with Crippen molar-refractivity contribution in [3.05, 3.63) is 59.0 Å². The Balaban J connectivity index is 2.64. The number of hydrogen-bond acceptors (Lipinski definition) is 2. The summed E-state index contributed by atoms with van der Waals surface area (Å²) in [5, 5.41) is 3.65. The van der Waals surface area contributed by atoms with E-state index in [1.807, 2.05) is 42.5 Å².